The average molecular weight is 408 g/mol. The van der Waals surface area contributed by atoms with E-state index in [9.17, 15) is 4.79 Å². The van der Waals surface area contributed by atoms with Gasteiger partial charge in [-0.2, -0.15) is 0 Å². The van der Waals surface area contributed by atoms with Crippen LogP contribution in [0.3, 0.4) is 0 Å². The number of piperidine rings is 1. The van der Waals surface area contributed by atoms with Crippen LogP contribution in [0.4, 0.5) is 11.7 Å². The zero-order valence-corrected chi connectivity index (χ0v) is 17.0. The highest BCUT2D eigenvalue weighted by Crippen LogP contribution is 2.27. The maximum atomic E-state index is 12.6. The van der Waals surface area contributed by atoms with E-state index in [1.54, 1.807) is 14.2 Å². The van der Waals surface area contributed by atoms with Gasteiger partial charge < -0.3 is 24.1 Å². The van der Waals surface area contributed by atoms with E-state index in [-0.39, 0.29) is 11.8 Å². The molecule has 1 fully saturated rings. The minimum atomic E-state index is -0.0488. The van der Waals surface area contributed by atoms with Crippen molar-refractivity contribution < 1.29 is 18.7 Å². The third-order valence-electron chi connectivity index (χ3n) is 5.25. The Kier molecular flexibility index (Phi) is 5.83. The first-order valence-electron chi connectivity index (χ1n) is 9.84. The lowest BCUT2D eigenvalue weighted by atomic mass is 9.96. The second kappa shape index (κ2) is 8.86. The Morgan fingerprint density at radius 1 is 0.967 bits per heavy atom. The number of nitrogens with zero attached hydrogens (tertiary/aromatic N) is 3. The summed E-state index contributed by atoms with van der Waals surface area (Å²) in [4.78, 5) is 14.6. The first-order chi connectivity index (χ1) is 14.7. The van der Waals surface area contributed by atoms with Crippen molar-refractivity contribution in [3.63, 3.8) is 0 Å². The molecule has 0 bridgehead atoms. The summed E-state index contributed by atoms with van der Waals surface area (Å²) in [6, 6.07) is 15.3. The van der Waals surface area contributed by atoms with Gasteiger partial charge in [0.15, 0.2) is 0 Å². The maximum absolute atomic E-state index is 12.6. The SMILES string of the molecule is COc1ccc(NC(=O)C2CCN(c3nnc(-c4ccc(OC)cc4)o3)CC2)cc1. The second-order valence-corrected chi connectivity index (χ2v) is 7.10. The molecule has 0 aliphatic carbocycles. The van der Waals surface area contributed by atoms with Gasteiger partial charge in [-0.15, -0.1) is 5.10 Å². The van der Waals surface area contributed by atoms with Crippen molar-refractivity contribution in [2.75, 3.05) is 37.5 Å². The lowest BCUT2D eigenvalue weighted by molar-refractivity contribution is -0.120. The highest BCUT2D eigenvalue weighted by atomic mass is 16.5. The van der Waals surface area contributed by atoms with Crippen LogP contribution in [0.1, 0.15) is 12.8 Å². The first-order valence-corrected chi connectivity index (χ1v) is 9.84. The number of nitrogens with one attached hydrogen (secondary N) is 1. The van der Waals surface area contributed by atoms with E-state index in [0.717, 1.165) is 35.6 Å². The molecule has 1 aliphatic heterocycles. The predicted molar refractivity (Wildman–Crippen MR) is 113 cm³/mol. The molecular formula is C22H24N4O4. The van der Waals surface area contributed by atoms with E-state index >= 15 is 0 Å². The molecule has 8 nitrogen and oxygen atoms in total. The van der Waals surface area contributed by atoms with Crippen LogP contribution in [-0.2, 0) is 4.79 Å². The Morgan fingerprint density at radius 3 is 2.17 bits per heavy atom. The van der Waals surface area contributed by atoms with Gasteiger partial charge in [0.1, 0.15) is 11.5 Å². The number of carbonyl (C=O) groups is 1. The van der Waals surface area contributed by atoms with Crippen LogP contribution in [0.15, 0.2) is 52.9 Å². The van der Waals surface area contributed by atoms with Gasteiger partial charge in [0.25, 0.3) is 0 Å². The fraction of sp³-hybridized carbons (Fsp3) is 0.318. The van der Waals surface area contributed by atoms with E-state index in [4.69, 9.17) is 13.9 Å². The number of hydrogen-bond acceptors (Lipinski definition) is 7. The highest BCUT2D eigenvalue weighted by molar-refractivity contribution is 5.92. The molecule has 0 atom stereocenters. The van der Waals surface area contributed by atoms with Crippen LogP contribution >= 0.6 is 0 Å². The Labute approximate surface area is 174 Å². The van der Waals surface area contributed by atoms with E-state index in [1.807, 2.05) is 53.4 Å². The lowest BCUT2D eigenvalue weighted by Crippen LogP contribution is -2.38. The monoisotopic (exact) mass is 408 g/mol. The maximum Gasteiger partial charge on any atom is 0.318 e. The quantitative estimate of drug-likeness (QED) is 0.666. The number of benzene rings is 2. The molecule has 0 unspecified atom stereocenters. The van der Waals surface area contributed by atoms with Crippen molar-refractivity contribution in [2.24, 2.45) is 5.92 Å². The van der Waals surface area contributed by atoms with Crippen molar-refractivity contribution in [1.29, 1.82) is 0 Å². The molecule has 1 saturated heterocycles. The Bertz CT molecular complexity index is 977. The molecule has 8 heteroatoms. The molecule has 2 aromatic carbocycles. The number of hydrogen-bond donors (Lipinski definition) is 1. The normalized spacial score (nSPS) is 14.4. The third-order valence-corrected chi connectivity index (χ3v) is 5.25. The second-order valence-electron chi connectivity index (χ2n) is 7.10. The van der Waals surface area contributed by atoms with E-state index < -0.39 is 0 Å². The van der Waals surface area contributed by atoms with Gasteiger partial charge in [-0.1, -0.05) is 5.10 Å². The summed E-state index contributed by atoms with van der Waals surface area (Å²) in [5.41, 5.74) is 1.60. The minimum Gasteiger partial charge on any atom is -0.497 e. The molecule has 1 N–H and O–H groups in total. The summed E-state index contributed by atoms with van der Waals surface area (Å²) in [5, 5.41) is 11.3. The minimum absolute atomic E-state index is 0.0317. The summed E-state index contributed by atoms with van der Waals surface area (Å²) in [6.45, 7) is 1.37. The van der Waals surface area contributed by atoms with E-state index in [1.165, 1.54) is 0 Å². The average Bonchev–Trinajstić information content (AvgIpc) is 3.30. The predicted octanol–water partition coefficient (Wildman–Crippen LogP) is 3.61. The number of aromatic nitrogens is 2. The molecule has 2 heterocycles. The number of methoxy groups -OCH3 is 2. The van der Waals surface area contributed by atoms with Crippen molar-refractivity contribution in [2.45, 2.75) is 12.8 Å². The van der Waals surface area contributed by atoms with Crippen molar-refractivity contribution >= 4 is 17.6 Å². The van der Waals surface area contributed by atoms with Crippen LogP contribution in [0.5, 0.6) is 11.5 Å². The number of rotatable bonds is 6. The summed E-state index contributed by atoms with van der Waals surface area (Å²) in [6.07, 6.45) is 1.45. The molecule has 30 heavy (non-hydrogen) atoms. The first kappa shape index (κ1) is 19.8. The summed E-state index contributed by atoms with van der Waals surface area (Å²) < 4.78 is 16.2. The summed E-state index contributed by atoms with van der Waals surface area (Å²) >= 11 is 0. The molecule has 0 radical (unpaired) electrons. The fourth-order valence-electron chi connectivity index (χ4n) is 3.45. The zero-order valence-electron chi connectivity index (χ0n) is 17.0. The molecule has 4 rings (SSSR count). The Balaban J connectivity index is 1.32. The Hall–Kier alpha value is -3.55. The molecule has 0 spiro atoms. The smallest absolute Gasteiger partial charge is 0.318 e. The number of amides is 1. The molecule has 0 saturated carbocycles. The Morgan fingerprint density at radius 2 is 1.57 bits per heavy atom. The van der Waals surface area contributed by atoms with Crippen LogP contribution in [0, 0.1) is 5.92 Å². The van der Waals surface area contributed by atoms with Gasteiger partial charge in [0.05, 0.1) is 14.2 Å². The molecule has 3 aromatic rings. The topological polar surface area (TPSA) is 89.7 Å². The standard InChI is InChI=1S/C22H24N4O4/c1-28-18-7-3-16(4-8-18)21-24-25-22(30-21)26-13-11-15(12-14-26)20(27)23-17-5-9-19(29-2)10-6-17/h3-10,15H,11-14H2,1-2H3,(H,23,27). The molecule has 1 aliphatic rings. The van der Waals surface area contributed by atoms with Gasteiger partial charge in [-0.25, -0.2) is 0 Å². The largest absolute Gasteiger partial charge is 0.497 e. The molecular weight excluding hydrogens is 384 g/mol. The highest BCUT2D eigenvalue weighted by Gasteiger charge is 2.27. The van der Waals surface area contributed by atoms with Gasteiger partial charge in [0, 0.05) is 30.3 Å². The molecule has 1 amide bonds. The van der Waals surface area contributed by atoms with Crippen LogP contribution in [-0.4, -0.2) is 43.4 Å². The van der Waals surface area contributed by atoms with E-state index in [0.29, 0.717) is 25.0 Å². The number of carbonyl (C=O) groups excluding carboxylic acids is 1. The van der Waals surface area contributed by atoms with Crippen molar-refractivity contribution in [1.82, 2.24) is 10.2 Å². The molecule has 1 aromatic heterocycles. The van der Waals surface area contributed by atoms with Crippen LogP contribution in [0.2, 0.25) is 0 Å². The van der Waals surface area contributed by atoms with Crippen molar-refractivity contribution in [3.05, 3.63) is 48.5 Å². The van der Waals surface area contributed by atoms with Crippen LogP contribution < -0.4 is 19.7 Å². The number of anilines is 2. The summed E-state index contributed by atoms with van der Waals surface area (Å²) in [5.74, 6) is 1.98. The lowest BCUT2D eigenvalue weighted by Gasteiger charge is -2.29. The van der Waals surface area contributed by atoms with Crippen molar-refractivity contribution in [3.8, 4) is 23.0 Å². The van der Waals surface area contributed by atoms with Gasteiger partial charge >= 0.3 is 6.01 Å². The third kappa shape index (κ3) is 4.37. The fourth-order valence-corrected chi connectivity index (χ4v) is 3.45. The zero-order chi connectivity index (χ0) is 20.9. The molecule has 156 valence electrons. The van der Waals surface area contributed by atoms with Crippen LogP contribution in [0.25, 0.3) is 11.5 Å². The van der Waals surface area contributed by atoms with Gasteiger partial charge in [0.2, 0.25) is 11.8 Å². The van der Waals surface area contributed by atoms with Gasteiger partial charge in [-0.3, -0.25) is 4.79 Å². The number of ether oxygens (including phenoxy) is 2. The van der Waals surface area contributed by atoms with E-state index in [2.05, 4.69) is 15.5 Å². The summed E-state index contributed by atoms with van der Waals surface area (Å²) in [7, 11) is 3.24. The van der Waals surface area contributed by atoms with Gasteiger partial charge in [-0.05, 0) is 61.4 Å².